The molecule has 1 aliphatic heterocycles. The first-order valence-corrected chi connectivity index (χ1v) is 2.55. The highest BCUT2D eigenvalue weighted by molar-refractivity contribution is 8.00. The Labute approximate surface area is 41.3 Å². The van der Waals surface area contributed by atoms with Crippen molar-refractivity contribution in [3.05, 3.63) is 11.6 Å². The molecule has 34 valence electrons. The Kier molecular flexibility index (Phi) is 1.03. The van der Waals surface area contributed by atoms with Gasteiger partial charge in [-0.1, -0.05) is 0 Å². The maximum absolute atomic E-state index is 2.94. The molecule has 0 unspecified atom stereocenters. The van der Waals surface area contributed by atoms with E-state index in [1.165, 1.54) is 0 Å². The standard InChI is InChI=1S/C3H6N2S/c1-5-4-2-3-6-5/h2-4H,1H3. The summed E-state index contributed by atoms with van der Waals surface area (Å²) in [7, 11) is 1.96. The zero-order valence-electron chi connectivity index (χ0n) is 3.51. The van der Waals surface area contributed by atoms with Crippen LogP contribution in [0.3, 0.4) is 0 Å². The Bertz CT molecular complexity index is 63.2. The van der Waals surface area contributed by atoms with Crippen molar-refractivity contribution in [3.8, 4) is 0 Å². The van der Waals surface area contributed by atoms with E-state index < -0.39 is 0 Å². The highest BCUT2D eigenvalue weighted by Gasteiger charge is 1.94. The van der Waals surface area contributed by atoms with Crippen LogP contribution in [0.2, 0.25) is 0 Å². The van der Waals surface area contributed by atoms with Crippen LogP contribution in [0.1, 0.15) is 0 Å². The van der Waals surface area contributed by atoms with Crippen LogP contribution in [0.25, 0.3) is 0 Å². The number of hydrazine groups is 1. The third kappa shape index (κ3) is 0.666. The van der Waals surface area contributed by atoms with Crippen molar-refractivity contribution >= 4 is 11.9 Å². The number of nitrogens with one attached hydrogen (secondary N) is 1. The SMILES string of the molecule is CN1NC=CS1. The van der Waals surface area contributed by atoms with Crippen molar-refractivity contribution in [2.75, 3.05) is 7.05 Å². The quantitative estimate of drug-likeness (QED) is 0.450. The minimum absolute atomic E-state index is 1.64. The first-order valence-electron chi connectivity index (χ1n) is 1.71. The van der Waals surface area contributed by atoms with Gasteiger partial charge in [-0.3, -0.25) is 0 Å². The zero-order valence-corrected chi connectivity index (χ0v) is 4.33. The van der Waals surface area contributed by atoms with Gasteiger partial charge < -0.3 is 5.43 Å². The molecule has 0 aliphatic carbocycles. The monoisotopic (exact) mass is 102 g/mol. The summed E-state index contributed by atoms with van der Waals surface area (Å²) in [4.78, 5) is 0. The molecule has 1 rings (SSSR count). The van der Waals surface area contributed by atoms with Gasteiger partial charge in [-0.25, -0.2) is 0 Å². The molecule has 3 heteroatoms. The number of hydrogen-bond donors (Lipinski definition) is 1. The maximum Gasteiger partial charge on any atom is 0.0213 e. The molecule has 1 aliphatic rings. The van der Waals surface area contributed by atoms with Gasteiger partial charge in [-0.15, -0.1) is 0 Å². The molecule has 0 aromatic rings. The zero-order chi connectivity index (χ0) is 4.41. The summed E-state index contributed by atoms with van der Waals surface area (Å²) in [6.45, 7) is 0. The van der Waals surface area contributed by atoms with Gasteiger partial charge in [0.25, 0.3) is 0 Å². The first-order chi connectivity index (χ1) is 2.89. The maximum atomic E-state index is 2.94. The van der Waals surface area contributed by atoms with Crippen LogP contribution in [0.4, 0.5) is 0 Å². The smallest absolute Gasteiger partial charge is 0.0213 e. The van der Waals surface area contributed by atoms with Crippen molar-refractivity contribution in [2.24, 2.45) is 0 Å². The normalized spacial score (nSPS) is 21.5. The third-order valence-corrected chi connectivity index (χ3v) is 1.22. The van der Waals surface area contributed by atoms with Crippen LogP contribution >= 0.6 is 11.9 Å². The van der Waals surface area contributed by atoms with E-state index >= 15 is 0 Å². The second-order valence-corrected chi connectivity index (χ2v) is 2.07. The minimum Gasteiger partial charge on any atom is -0.316 e. The van der Waals surface area contributed by atoms with E-state index in [1.807, 2.05) is 23.1 Å². The van der Waals surface area contributed by atoms with Crippen molar-refractivity contribution in [1.29, 1.82) is 0 Å². The molecule has 1 N–H and O–H groups in total. The molecule has 0 amide bonds. The van der Waals surface area contributed by atoms with E-state index in [2.05, 4.69) is 5.43 Å². The van der Waals surface area contributed by atoms with Gasteiger partial charge in [0.15, 0.2) is 0 Å². The summed E-state index contributed by atoms with van der Waals surface area (Å²) in [5.41, 5.74) is 2.94. The fourth-order valence-electron chi connectivity index (χ4n) is 0.288. The molecular formula is C3H6N2S. The lowest BCUT2D eigenvalue weighted by Gasteiger charge is -2.02. The molecule has 0 aromatic heterocycles. The van der Waals surface area contributed by atoms with Gasteiger partial charge in [0.05, 0.1) is 0 Å². The predicted molar refractivity (Wildman–Crippen MR) is 27.6 cm³/mol. The van der Waals surface area contributed by atoms with Crippen molar-refractivity contribution in [1.82, 2.24) is 9.84 Å². The molecule has 1 heterocycles. The van der Waals surface area contributed by atoms with Crippen molar-refractivity contribution in [3.63, 3.8) is 0 Å². The Hall–Kier alpha value is -0.150. The van der Waals surface area contributed by atoms with Crippen LogP contribution < -0.4 is 5.43 Å². The van der Waals surface area contributed by atoms with E-state index in [4.69, 9.17) is 0 Å². The highest BCUT2D eigenvalue weighted by atomic mass is 32.2. The van der Waals surface area contributed by atoms with Crippen LogP contribution in [0, 0.1) is 0 Å². The molecule has 0 saturated carbocycles. The van der Waals surface area contributed by atoms with Gasteiger partial charge in [-0.2, -0.15) is 4.41 Å². The lowest BCUT2D eigenvalue weighted by molar-refractivity contribution is 0.505. The minimum atomic E-state index is 1.64. The lowest BCUT2D eigenvalue weighted by Crippen LogP contribution is -2.16. The van der Waals surface area contributed by atoms with E-state index in [0.29, 0.717) is 0 Å². The molecule has 0 radical (unpaired) electrons. The third-order valence-electron chi connectivity index (χ3n) is 0.543. The molecule has 0 aromatic carbocycles. The summed E-state index contributed by atoms with van der Waals surface area (Å²) in [6.07, 6.45) is 1.89. The number of hydrogen-bond acceptors (Lipinski definition) is 3. The van der Waals surface area contributed by atoms with Crippen molar-refractivity contribution < 1.29 is 0 Å². The Balaban J connectivity index is 2.32. The van der Waals surface area contributed by atoms with E-state index in [1.54, 1.807) is 11.9 Å². The highest BCUT2D eigenvalue weighted by Crippen LogP contribution is 2.08. The van der Waals surface area contributed by atoms with Crippen LogP contribution in [0.15, 0.2) is 11.6 Å². The number of rotatable bonds is 0. The van der Waals surface area contributed by atoms with Gasteiger partial charge >= 0.3 is 0 Å². The van der Waals surface area contributed by atoms with Crippen molar-refractivity contribution in [2.45, 2.75) is 0 Å². The van der Waals surface area contributed by atoms with E-state index in [9.17, 15) is 0 Å². The average molecular weight is 102 g/mol. The second kappa shape index (κ2) is 1.53. The van der Waals surface area contributed by atoms with Gasteiger partial charge in [-0.05, 0) is 11.9 Å². The molecule has 2 nitrogen and oxygen atoms in total. The Morgan fingerprint density at radius 3 is 2.83 bits per heavy atom. The fraction of sp³-hybridized carbons (Fsp3) is 0.333. The van der Waals surface area contributed by atoms with Crippen LogP contribution in [-0.2, 0) is 0 Å². The fourth-order valence-corrected chi connectivity index (χ4v) is 0.714. The molecule has 0 atom stereocenters. The van der Waals surface area contributed by atoms with E-state index in [0.717, 1.165) is 0 Å². The molecule has 0 spiro atoms. The molecule has 0 saturated heterocycles. The average Bonchev–Trinajstić information content (AvgIpc) is 1.86. The number of nitrogens with zero attached hydrogens (tertiary/aromatic N) is 1. The van der Waals surface area contributed by atoms with Crippen LogP contribution in [0.5, 0.6) is 0 Å². The lowest BCUT2D eigenvalue weighted by atomic mass is 11.1. The first kappa shape index (κ1) is 4.02. The Morgan fingerprint density at radius 1 is 1.83 bits per heavy atom. The van der Waals surface area contributed by atoms with Gasteiger partial charge in [0.2, 0.25) is 0 Å². The molecule has 6 heavy (non-hydrogen) atoms. The van der Waals surface area contributed by atoms with Crippen LogP contribution in [-0.4, -0.2) is 11.5 Å². The van der Waals surface area contributed by atoms with Gasteiger partial charge in [0.1, 0.15) is 0 Å². The summed E-state index contributed by atoms with van der Waals surface area (Å²) in [6, 6.07) is 0. The Morgan fingerprint density at radius 2 is 2.67 bits per heavy atom. The summed E-state index contributed by atoms with van der Waals surface area (Å²) >= 11 is 1.64. The summed E-state index contributed by atoms with van der Waals surface area (Å²) < 4.78 is 1.92. The molecule has 0 fully saturated rings. The van der Waals surface area contributed by atoms with E-state index in [-0.39, 0.29) is 0 Å². The topological polar surface area (TPSA) is 15.3 Å². The molecular weight excluding hydrogens is 96.1 g/mol. The predicted octanol–water partition coefficient (Wildman–Crippen LogP) is 0.556. The second-order valence-electron chi connectivity index (χ2n) is 1.03. The molecule has 0 bridgehead atoms. The van der Waals surface area contributed by atoms with Gasteiger partial charge in [0, 0.05) is 18.7 Å². The summed E-state index contributed by atoms with van der Waals surface area (Å²) in [5, 5.41) is 1.99. The summed E-state index contributed by atoms with van der Waals surface area (Å²) in [5.74, 6) is 0. The largest absolute Gasteiger partial charge is 0.316 e.